The van der Waals surface area contributed by atoms with Crippen LogP contribution in [0.1, 0.15) is 30.5 Å². The highest BCUT2D eigenvalue weighted by Gasteiger charge is 2.21. The van der Waals surface area contributed by atoms with E-state index in [9.17, 15) is 4.39 Å². The Morgan fingerprint density at radius 3 is 2.53 bits per heavy atom. The highest BCUT2D eigenvalue weighted by Crippen LogP contribution is 2.17. The number of piperazine rings is 1. The number of halogens is 1. The van der Waals surface area contributed by atoms with Gasteiger partial charge in [0.15, 0.2) is 0 Å². The van der Waals surface area contributed by atoms with E-state index in [2.05, 4.69) is 24.1 Å². The predicted molar refractivity (Wildman–Crippen MR) is 77.8 cm³/mol. The molecule has 2 rings (SSSR count). The molecular formula is C16H25FN2. The standard InChI is InChI=1S/C16H25FN2/c1-11(2)15-10-19(6-5-18-15)9-14-7-12(3)16(17)13(4)8-14/h7-8,11,15,18H,5-6,9-10H2,1-4H3. The van der Waals surface area contributed by atoms with Crippen molar-refractivity contribution in [1.82, 2.24) is 10.2 Å². The molecule has 0 radical (unpaired) electrons. The van der Waals surface area contributed by atoms with Crippen molar-refractivity contribution in [1.29, 1.82) is 0 Å². The van der Waals surface area contributed by atoms with Gasteiger partial charge in [-0.05, 0) is 36.5 Å². The Kier molecular flexibility index (Phi) is 4.58. The normalized spacial score (nSPS) is 21.1. The van der Waals surface area contributed by atoms with E-state index in [1.54, 1.807) is 0 Å². The summed E-state index contributed by atoms with van der Waals surface area (Å²) in [6.07, 6.45) is 0. The van der Waals surface area contributed by atoms with Gasteiger partial charge in [0.2, 0.25) is 0 Å². The van der Waals surface area contributed by atoms with E-state index in [-0.39, 0.29) is 5.82 Å². The van der Waals surface area contributed by atoms with Gasteiger partial charge in [0, 0.05) is 32.2 Å². The van der Waals surface area contributed by atoms with Crippen LogP contribution in [-0.4, -0.2) is 30.6 Å². The molecule has 0 spiro atoms. The molecular weight excluding hydrogens is 239 g/mol. The van der Waals surface area contributed by atoms with Gasteiger partial charge < -0.3 is 5.32 Å². The molecule has 106 valence electrons. The first-order valence-electron chi connectivity index (χ1n) is 7.18. The molecule has 1 unspecified atom stereocenters. The van der Waals surface area contributed by atoms with Gasteiger partial charge in [-0.25, -0.2) is 4.39 Å². The van der Waals surface area contributed by atoms with E-state index in [0.717, 1.165) is 37.3 Å². The molecule has 1 aromatic rings. The highest BCUT2D eigenvalue weighted by atomic mass is 19.1. The quantitative estimate of drug-likeness (QED) is 0.903. The number of nitrogens with one attached hydrogen (secondary N) is 1. The maximum Gasteiger partial charge on any atom is 0.129 e. The molecule has 0 bridgehead atoms. The van der Waals surface area contributed by atoms with Crippen molar-refractivity contribution in [3.8, 4) is 0 Å². The van der Waals surface area contributed by atoms with Crippen LogP contribution in [0.25, 0.3) is 0 Å². The molecule has 1 N–H and O–H groups in total. The molecule has 1 fully saturated rings. The minimum Gasteiger partial charge on any atom is -0.311 e. The third kappa shape index (κ3) is 3.54. The zero-order valence-corrected chi connectivity index (χ0v) is 12.5. The Hall–Kier alpha value is -0.930. The van der Waals surface area contributed by atoms with Crippen LogP contribution in [0.5, 0.6) is 0 Å². The molecule has 1 aliphatic rings. The molecule has 19 heavy (non-hydrogen) atoms. The van der Waals surface area contributed by atoms with Gasteiger partial charge in [0.25, 0.3) is 0 Å². The average molecular weight is 264 g/mol. The summed E-state index contributed by atoms with van der Waals surface area (Å²) >= 11 is 0. The maximum absolute atomic E-state index is 13.6. The molecule has 1 atom stereocenters. The fraction of sp³-hybridized carbons (Fsp3) is 0.625. The molecule has 1 heterocycles. The second-order valence-corrected chi connectivity index (χ2v) is 6.08. The average Bonchev–Trinajstić information content (AvgIpc) is 2.36. The summed E-state index contributed by atoms with van der Waals surface area (Å²) in [7, 11) is 0. The number of benzene rings is 1. The summed E-state index contributed by atoms with van der Waals surface area (Å²) in [5.74, 6) is 0.587. The monoisotopic (exact) mass is 264 g/mol. The van der Waals surface area contributed by atoms with E-state index in [0.29, 0.717) is 12.0 Å². The van der Waals surface area contributed by atoms with Crippen molar-refractivity contribution in [2.75, 3.05) is 19.6 Å². The lowest BCUT2D eigenvalue weighted by atomic mass is 10.0. The van der Waals surface area contributed by atoms with Gasteiger partial charge in [-0.1, -0.05) is 26.0 Å². The van der Waals surface area contributed by atoms with Crippen molar-refractivity contribution in [3.05, 3.63) is 34.6 Å². The van der Waals surface area contributed by atoms with Crippen molar-refractivity contribution in [2.24, 2.45) is 5.92 Å². The zero-order chi connectivity index (χ0) is 14.0. The first-order valence-corrected chi connectivity index (χ1v) is 7.18. The van der Waals surface area contributed by atoms with Crippen molar-refractivity contribution < 1.29 is 4.39 Å². The minimum atomic E-state index is -0.0656. The maximum atomic E-state index is 13.6. The Balaban J connectivity index is 2.05. The molecule has 0 aromatic heterocycles. The van der Waals surface area contributed by atoms with E-state index in [1.165, 1.54) is 5.56 Å². The third-order valence-corrected chi connectivity index (χ3v) is 4.00. The van der Waals surface area contributed by atoms with Gasteiger partial charge in [-0.15, -0.1) is 0 Å². The summed E-state index contributed by atoms with van der Waals surface area (Å²) in [5.41, 5.74) is 2.73. The van der Waals surface area contributed by atoms with Crippen LogP contribution in [0.4, 0.5) is 4.39 Å². The number of nitrogens with zero attached hydrogens (tertiary/aromatic N) is 1. The minimum absolute atomic E-state index is 0.0656. The van der Waals surface area contributed by atoms with Crippen LogP contribution >= 0.6 is 0 Å². The molecule has 0 saturated carbocycles. The smallest absolute Gasteiger partial charge is 0.129 e. The summed E-state index contributed by atoms with van der Waals surface area (Å²) in [6, 6.07) is 4.53. The molecule has 3 heteroatoms. The van der Waals surface area contributed by atoms with Crippen LogP contribution in [0.3, 0.4) is 0 Å². The summed E-state index contributed by atoms with van der Waals surface area (Å²) in [5, 5.41) is 3.56. The fourth-order valence-electron chi connectivity index (χ4n) is 2.82. The number of aryl methyl sites for hydroxylation is 2. The zero-order valence-electron chi connectivity index (χ0n) is 12.5. The fourth-order valence-corrected chi connectivity index (χ4v) is 2.82. The largest absolute Gasteiger partial charge is 0.311 e. The van der Waals surface area contributed by atoms with Gasteiger partial charge in [-0.3, -0.25) is 4.90 Å². The van der Waals surface area contributed by atoms with Gasteiger partial charge >= 0.3 is 0 Å². The summed E-state index contributed by atoms with van der Waals surface area (Å²) in [4.78, 5) is 2.47. The van der Waals surface area contributed by atoms with E-state index >= 15 is 0 Å². The highest BCUT2D eigenvalue weighted by molar-refractivity contribution is 5.30. The number of hydrogen-bond acceptors (Lipinski definition) is 2. The molecule has 1 aliphatic heterocycles. The first kappa shape index (κ1) is 14.5. The molecule has 0 amide bonds. The van der Waals surface area contributed by atoms with Crippen molar-refractivity contribution in [3.63, 3.8) is 0 Å². The summed E-state index contributed by atoms with van der Waals surface area (Å²) in [6.45, 7) is 12.3. The van der Waals surface area contributed by atoms with E-state index in [4.69, 9.17) is 0 Å². The van der Waals surface area contributed by atoms with Gasteiger partial charge in [0.05, 0.1) is 0 Å². The van der Waals surface area contributed by atoms with Crippen LogP contribution < -0.4 is 5.32 Å². The molecule has 1 aromatic carbocycles. The lowest BCUT2D eigenvalue weighted by Gasteiger charge is -2.35. The molecule has 1 saturated heterocycles. The third-order valence-electron chi connectivity index (χ3n) is 4.00. The van der Waals surface area contributed by atoms with Crippen LogP contribution in [0, 0.1) is 25.6 Å². The van der Waals surface area contributed by atoms with Gasteiger partial charge in [0.1, 0.15) is 5.82 Å². The van der Waals surface area contributed by atoms with E-state index < -0.39 is 0 Å². The summed E-state index contributed by atoms with van der Waals surface area (Å²) < 4.78 is 13.6. The predicted octanol–water partition coefficient (Wildman–Crippen LogP) is 2.87. The second-order valence-electron chi connectivity index (χ2n) is 6.08. The Labute approximate surface area is 116 Å². The molecule has 2 nitrogen and oxygen atoms in total. The van der Waals surface area contributed by atoms with Gasteiger partial charge in [-0.2, -0.15) is 0 Å². The lowest BCUT2D eigenvalue weighted by Crippen LogP contribution is -2.52. The van der Waals surface area contributed by atoms with Crippen molar-refractivity contribution >= 4 is 0 Å². The van der Waals surface area contributed by atoms with Crippen LogP contribution in [0.2, 0.25) is 0 Å². The van der Waals surface area contributed by atoms with Crippen LogP contribution in [-0.2, 0) is 6.54 Å². The Morgan fingerprint density at radius 2 is 1.95 bits per heavy atom. The Morgan fingerprint density at radius 1 is 1.32 bits per heavy atom. The topological polar surface area (TPSA) is 15.3 Å². The number of hydrogen-bond donors (Lipinski definition) is 1. The lowest BCUT2D eigenvalue weighted by molar-refractivity contribution is 0.168. The number of rotatable bonds is 3. The first-order chi connectivity index (χ1) is 8.97. The van der Waals surface area contributed by atoms with E-state index in [1.807, 2.05) is 26.0 Å². The van der Waals surface area contributed by atoms with Crippen LogP contribution in [0.15, 0.2) is 12.1 Å². The second kappa shape index (κ2) is 6.02. The Bertz CT molecular complexity index is 419. The van der Waals surface area contributed by atoms with Crippen molar-refractivity contribution in [2.45, 2.75) is 40.3 Å². The SMILES string of the molecule is Cc1cc(CN2CCNC(C(C)C)C2)cc(C)c1F. The molecule has 0 aliphatic carbocycles.